The lowest BCUT2D eigenvalue weighted by Gasteiger charge is -2.33. The van der Waals surface area contributed by atoms with Gasteiger partial charge in [-0.1, -0.05) is 38.1 Å². The van der Waals surface area contributed by atoms with Crippen molar-refractivity contribution in [1.29, 1.82) is 0 Å². The Labute approximate surface area is 220 Å². The number of hydrogen-bond acceptors (Lipinski definition) is 7. The minimum atomic E-state index is -3.07. The van der Waals surface area contributed by atoms with Crippen LogP contribution < -0.4 is 5.32 Å². The maximum absolute atomic E-state index is 12.1. The van der Waals surface area contributed by atoms with Gasteiger partial charge < -0.3 is 10.2 Å². The van der Waals surface area contributed by atoms with Crippen LogP contribution in [0.3, 0.4) is 0 Å². The molecule has 1 fully saturated rings. The molecule has 0 radical (unpaired) electrons. The molecule has 0 bridgehead atoms. The molecule has 1 N–H and O–H groups in total. The predicted molar refractivity (Wildman–Crippen MR) is 152 cm³/mol. The first kappa shape index (κ1) is 27.0. The predicted octanol–water partition coefficient (Wildman–Crippen LogP) is 4.57. The van der Waals surface area contributed by atoms with Crippen molar-refractivity contribution in [2.45, 2.75) is 33.7 Å². The van der Waals surface area contributed by atoms with Crippen LogP contribution in [0.2, 0.25) is 0 Å². The van der Waals surface area contributed by atoms with Crippen LogP contribution in [0, 0.1) is 0 Å². The minimum absolute atomic E-state index is 0.183. The minimum Gasteiger partial charge on any atom is -0.384 e. The van der Waals surface area contributed by atoms with Crippen LogP contribution in [0.1, 0.15) is 32.8 Å². The van der Waals surface area contributed by atoms with E-state index in [1.165, 1.54) is 10.3 Å². The zero-order valence-corrected chi connectivity index (χ0v) is 23.4. The second-order valence-electron chi connectivity index (χ2n) is 9.27. The van der Waals surface area contributed by atoms with Gasteiger partial charge in [0.1, 0.15) is 0 Å². The van der Waals surface area contributed by atoms with Gasteiger partial charge in [0.2, 0.25) is 10.0 Å². The average Bonchev–Trinajstić information content (AvgIpc) is 3.39. The second kappa shape index (κ2) is 12.5. The quantitative estimate of drug-likeness (QED) is 0.347. The standard InChI is InChI=1S/C27H39N5O2S2/c1-4-30(5-2)21-22-8-10-23(11-9-22)25-20-26(27-24(29-25)12-19-35-27)28-13-7-14-31-15-17-32(18-16-31)36(33,34)6-3/h8-12,19-20H,4-7,13-18,21H2,1-3H3,(H,28,29). The summed E-state index contributed by atoms with van der Waals surface area (Å²) in [6.07, 6.45) is 1.01. The van der Waals surface area contributed by atoms with Gasteiger partial charge in [0.15, 0.2) is 0 Å². The van der Waals surface area contributed by atoms with Gasteiger partial charge in [-0.3, -0.25) is 4.90 Å². The van der Waals surface area contributed by atoms with Crippen LogP contribution in [0.15, 0.2) is 41.8 Å². The topological polar surface area (TPSA) is 68.8 Å². The van der Waals surface area contributed by atoms with Gasteiger partial charge in [-0.2, -0.15) is 4.31 Å². The van der Waals surface area contributed by atoms with E-state index in [2.05, 4.69) is 70.7 Å². The monoisotopic (exact) mass is 529 g/mol. The normalized spacial score (nSPS) is 15.7. The van der Waals surface area contributed by atoms with Crippen molar-refractivity contribution >= 4 is 37.3 Å². The fourth-order valence-electron chi connectivity index (χ4n) is 4.66. The van der Waals surface area contributed by atoms with Crippen molar-refractivity contribution in [3.8, 4) is 11.3 Å². The van der Waals surface area contributed by atoms with Crippen LogP contribution in [0.5, 0.6) is 0 Å². The van der Waals surface area contributed by atoms with E-state index in [0.717, 1.165) is 74.7 Å². The number of pyridine rings is 1. The molecule has 1 aromatic carbocycles. The Hall–Kier alpha value is -2.04. The highest BCUT2D eigenvalue weighted by Gasteiger charge is 2.25. The molecule has 0 spiro atoms. The van der Waals surface area contributed by atoms with Gasteiger partial charge >= 0.3 is 0 Å². The number of benzene rings is 1. The number of fused-ring (bicyclic) bond motifs is 1. The number of nitrogens with one attached hydrogen (secondary N) is 1. The first-order valence-electron chi connectivity index (χ1n) is 13.1. The second-order valence-corrected chi connectivity index (χ2v) is 12.4. The summed E-state index contributed by atoms with van der Waals surface area (Å²) in [4.78, 5) is 9.70. The Morgan fingerprint density at radius 1 is 1.03 bits per heavy atom. The fraction of sp³-hybridized carbons (Fsp3) is 0.519. The molecule has 4 rings (SSSR count). The summed E-state index contributed by atoms with van der Waals surface area (Å²) in [7, 11) is -3.07. The van der Waals surface area contributed by atoms with Crippen molar-refractivity contribution in [3.63, 3.8) is 0 Å². The number of sulfonamides is 1. The van der Waals surface area contributed by atoms with Crippen LogP contribution in [-0.2, 0) is 16.6 Å². The molecule has 0 unspecified atom stereocenters. The fourth-order valence-corrected chi connectivity index (χ4v) is 6.57. The molecule has 1 aliphatic rings. The highest BCUT2D eigenvalue weighted by Crippen LogP contribution is 2.32. The smallest absolute Gasteiger partial charge is 0.213 e. The van der Waals surface area contributed by atoms with E-state index in [1.807, 2.05) is 0 Å². The number of aromatic nitrogens is 1. The lowest BCUT2D eigenvalue weighted by atomic mass is 10.1. The third-order valence-electron chi connectivity index (χ3n) is 7.02. The number of hydrogen-bond donors (Lipinski definition) is 1. The molecule has 3 aromatic rings. The highest BCUT2D eigenvalue weighted by molar-refractivity contribution is 7.89. The number of rotatable bonds is 12. The average molecular weight is 530 g/mol. The van der Waals surface area contributed by atoms with E-state index in [9.17, 15) is 8.42 Å². The molecule has 3 heterocycles. The van der Waals surface area contributed by atoms with Gasteiger partial charge in [0.05, 0.1) is 27.4 Å². The molecule has 2 aromatic heterocycles. The molecular weight excluding hydrogens is 490 g/mol. The third-order valence-corrected chi connectivity index (χ3v) is 9.84. The van der Waals surface area contributed by atoms with Gasteiger partial charge in [0, 0.05) is 44.8 Å². The van der Waals surface area contributed by atoms with Crippen molar-refractivity contribution in [1.82, 2.24) is 19.1 Å². The molecule has 0 saturated carbocycles. The molecule has 1 aliphatic heterocycles. The summed E-state index contributed by atoms with van der Waals surface area (Å²) < 4.78 is 27.0. The molecule has 0 aliphatic carbocycles. The third kappa shape index (κ3) is 6.63. The Kier molecular flexibility index (Phi) is 9.35. The Balaban J connectivity index is 1.35. The maximum Gasteiger partial charge on any atom is 0.213 e. The Morgan fingerprint density at radius 2 is 1.75 bits per heavy atom. The number of thiophene rings is 1. The van der Waals surface area contributed by atoms with Gasteiger partial charge in [-0.15, -0.1) is 11.3 Å². The highest BCUT2D eigenvalue weighted by atomic mass is 32.2. The Morgan fingerprint density at radius 3 is 2.42 bits per heavy atom. The van der Waals surface area contributed by atoms with Crippen LogP contribution in [-0.4, -0.2) is 85.6 Å². The lowest BCUT2D eigenvalue weighted by Crippen LogP contribution is -2.49. The van der Waals surface area contributed by atoms with Crippen LogP contribution in [0.25, 0.3) is 21.5 Å². The number of nitrogens with zero attached hydrogens (tertiary/aromatic N) is 4. The lowest BCUT2D eigenvalue weighted by molar-refractivity contribution is 0.188. The van der Waals surface area contributed by atoms with Crippen LogP contribution in [0.4, 0.5) is 5.69 Å². The van der Waals surface area contributed by atoms with Crippen LogP contribution >= 0.6 is 11.3 Å². The Bertz CT molecular complexity index is 1210. The van der Waals surface area contributed by atoms with Crippen molar-refractivity contribution in [2.75, 3.05) is 63.4 Å². The molecule has 196 valence electrons. The zero-order chi connectivity index (χ0) is 25.5. The number of anilines is 1. The SMILES string of the molecule is CCN(CC)Cc1ccc(-c2cc(NCCCN3CCN(S(=O)(=O)CC)CC3)c3sccc3n2)cc1. The van der Waals surface area contributed by atoms with E-state index in [4.69, 9.17) is 4.98 Å². The summed E-state index contributed by atoms with van der Waals surface area (Å²) in [5.74, 6) is 0.183. The summed E-state index contributed by atoms with van der Waals surface area (Å²) in [5.41, 5.74) is 5.61. The largest absolute Gasteiger partial charge is 0.384 e. The summed E-state index contributed by atoms with van der Waals surface area (Å²) in [6, 6.07) is 13.1. The molecule has 0 amide bonds. The van der Waals surface area contributed by atoms with E-state index in [0.29, 0.717) is 13.1 Å². The van der Waals surface area contributed by atoms with Gasteiger partial charge in [-0.05, 0) is 56.1 Å². The maximum atomic E-state index is 12.1. The molecular formula is C27H39N5O2S2. The molecule has 1 saturated heterocycles. The first-order valence-corrected chi connectivity index (χ1v) is 15.6. The van der Waals surface area contributed by atoms with E-state index >= 15 is 0 Å². The molecule has 36 heavy (non-hydrogen) atoms. The molecule has 7 nitrogen and oxygen atoms in total. The summed E-state index contributed by atoms with van der Waals surface area (Å²) >= 11 is 1.72. The van der Waals surface area contributed by atoms with Gasteiger partial charge in [-0.25, -0.2) is 13.4 Å². The van der Waals surface area contributed by atoms with Crippen molar-refractivity contribution in [2.24, 2.45) is 0 Å². The molecule has 0 atom stereocenters. The van der Waals surface area contributed by atoms with E-state index < -0.39 is 10.0 Å². The molecule has 9 heteroatoms. The zero-order valence-electron chi connectivity index (χ0n) is 21.7. The van der Waals surface area contributed by atoms with E-state index in [1.54, 1.807) is 22.6 Å². The van der Waals surface area contributed by atoms with Crippen molar-refractivity contribution in [3.05, 3.63) is 47.3 Å². The summed E-state index contributed by atoms with van der Waals surface area (Å²) in [5, 5.41) is 5.75. The summed E-state index contributed by atoms with van der Waals surface area (Å²) in [6.45, 7) is 13.8. The number of piperazine rings is 1. The first-order chi connectivity index (χ1) is 17.4. The van der Waals surface area contributed by atoms with Gasteiger partial charge in [0.25, 0.3) is 0 Å². The van der Waals surface area contributed by atoms with E-state index in [-0.39, 0.29) is 5.75 Å². The van der Waals surface area contributed by atoms with Crippen molar-refractivity contribution < 1.29 is 8.42 Å².